The van der Waals surface area contributed by atoms with Crippen molar-refractivity contribution in [2.75, 3.05) is 0 Å². The summed E-state index contributed by atoms with van der Waals surface area (Å²) in [6.07, 6.45) is -11.1. The van der Waals surface area contributed by atoms with Gasteiger partial charge in [0.15, 0.2) is 17.3 Å². The zero-order valence-corrected chi connectivity index (χ0v) is 34.2. The Kier molecular flexibility index (Phi) is 11.2. The molecule has 6 aliphatic carbocycles. The minimum Gasteiger partial charge on any atom is -0.504 e. The molecule has 3 unspecified atom stereocenters. The maximum atomic E-state index is 12.5. The Morgan fingerprint density at radius 3 is 0.750 bits per heavy atom. The van der Waals surface area contributed by atoms with Crippen LogP contribution in [0.15, 0.2) is 34.0 Å². The molecule has 6 bridgehead atoms. The molecule has 52 heavy (non-hydrogen) atoms. The number of Topliss-reactive ketones (excluding diaryl/α,β-unsaturated/α-hetero) is 3. The minimum absolute atomic E-state index is 0. The van der Waals surface area contributed by atoms with Crippen LogP contribution in [0.5, 0.6) is 0 Å². The summed E-state index contributed by atoms with van der Waals surface area (Å²) in [4.78, 5) is 36.2. The molecule has 0 amide bonds. The van der Waals surface area contributed by atoms with Gasteiger partial charge in [-0.2, -0.15) is 39.5 Å². The van der Waals surface area contributed by atoms with Gasteiger partial charge >= 0.3 is 18.5 Å². The Balaban J connectivity index is 0.000000208. The van der Waals surface area contributed by atoms with E-state index in [0.717, 1.165) is 0 Å². The molecular formula is C36H45F9O6Pr. The number of aliphatic hydroxyl groups is 3. The minimum atomic E-state index is -4.83. The molecular weight excluding hydrogens is 840 g/mol. The first-order chi connectivity index (χ1) is 22.6. The van der Waals surface area contributed by atoms with E-state index >= 15 is 0 Å². The quantitative estimate of drug-likeness (QED) is 0.127. The van der Waals surface area contributed by atoms with Crippen molar-refractivity contribution in [1.82, 2.24) is 0 Å². The molecule has 3 N–H and O–H groups in total. The van der Waals surface area contributed by atoms with Crippen molar-refractivity contribution in [2.45, 2.75) is 119 Å². The summed E-state index contributed by atoms with van der Waals surface area (Å²) in [5.41, 5.74) is -5.08. The zero-order valence-electron chi connectivity index (χ0n) is 30.5. The third kappa shape index (κ3) is 6.10. The van der Waals surface area contributed by atoms with Crippen LogP contribution in [0.3, 0.4) is 0 Å². The number of allylic oxidation sites excluding steroid dienone is 6. The van der Waals surface area contributed by atoms with E-state index in [9.17, 15) is 69.2 Å². The molecule has 0 aromatic rings. The molecule has 0 saturated heterocycles. The summed E-state index contributed by atoms with van der Waals surface area (Å²) in [5, 5.41) is 27.8. The second-order valence-electron chi connectivity index (χ2n) is 17.2. The summed E-state index contributed by atoms with van der Waals surface area (Å²) < 4.78 is 113. The van der Waals surface area contributed by atoms with Gasteiger partial charge in [0.25, 0.3) is 0 Å². The summed E-state index contributed by atoms with van der Waals surface area (Å²) in [6, 6.07) is 0. The van der Waals surface area contributed by atoms with Gasteiger partial charge in [0.1, 0.15) is 0 Å². The van der Waals surface area contributed by atoms with E-state index in [1.54, 1.807) is 62.3 Å². The molecule has 0 heterocycles. The molecule has 6 atom stereocenters. The van der Waals surface area contributed by atoms with Crippen LogP contribution in [0, 0.1) is 91.5 Å². The van der Waals surface area contributed by atoms with Gasteiger partial charge in [-0.25, -0.2) is 0 Å². The van der Waals surface area contributed by atoms with E-state index in [-0.39, 0.29) is 41.3 Å². The third-order valence-electron chi connectivity index (χ3n) is 14.5. The Morgan fingerprint density at radius 2 is 0.635 bits per heavy atom. The molecule has 0 aromatic carbocycles. The summed E-state index contributed by atoms with van der Waals surface area (Å²) in [7, 11) is 0. The van der Waals surface area contributed by atoms with E-state index in [2.05, 4.69) is 0 Å². The number of aliphatic hydroxyl groups excluding tert-OH is 3. The van der Waals surface area contributed by atoms with Gasteiger partial charge in [0.2, 0.25) is 17.3 Å². The number of hydrogen-bond donors (Lipinski definition) is 3. The average Bonchev–Trinajstić information content (AvgIpc) is 3.59. The number of ketones is 3. The van der Waals surface area contributed by atoms with Crippen molar-refractivity contribution in [1.29, 1.82) is 0 Å². The smallest absolute Gasteiger partial charge is 0.449 e. The van der Waals surface area contributed by atoms with Gasteiger partial charge in [0, 0.05) is 74.3 Å². The Hall–Kier alpha value is -1.64. The number of carbonyl (C=O) groups is 3. The third-order valence-corrected chi connectivity index (χ3v) is 14.5. The van der Waals surface area contributed by atoms with E-state index in [4.69, 9.17) is 0 Å². The number of hydrogen-bond acceptors (Lipinski definition) is 6. The Labute approximate surface area is 329 Å². The molecule has 0 aliphatic heterocycles. The fourth-order valence-corrected chi connectivity index (χ4v) is 9.88. The van der Waals surface area contributed by atoms with Crippen molar-refractivity contribution in [3.8, 4) is 0 Å². The fraction of sp³-hybridized carbons (Fsp3) is 0.750. The zero-order chi connectivity index (χ0) is 39.7. The van der Waals surface area contributed by atoms with Crippen molar-refractivity contribution >= 4 is 17.3 Å². The molecule has 291 valence electrons. The molecule has 16 heteroatoms. The second kappa shape index (κ2) is 13.0. The van der Waals surface area contributed by atoms with Crippen LogP contribution >= 0.6 is 0 Å². The molecule has 1 radical (unpaired) electrons. The van der Waals surface area contributed by atoms with Gasteiger partial charge in [-0.3, -0.25) is 14.4 Å². The van der Waals surface area contributed by atoms with E-state index in [1.807, 2.05) is 0 Å². The number of rotatable bonds is 0. The standard InChI is InChI=1S/3C12H15F3O2.Pr/c3*1-10(2)6-4-5-11(10,3)8(16)7(6)9(17)12(13,14)15;/h3*6,17H,4-5H2,1-3H3;/b2*9-7+;9-7-;/t3*6?,11-;/m000./s1. The summed E-state index contributed by atoms with van der Waals surface area (Å²) >= 11 is 0. The fourth-order valence-electron chi connectivity index (χ4n) is 9.88. The van der Waals surface area contributed by atoms with Crippen LogP contribution in [0.2, 0.25) is 0 Å². The number of alkyl halides is 9. The van der Waals surface area contributed by atoms with Crippen molar-refractivity contribution in [3.63, 3.8) is 0 Å². The number of fused-ring (bicyclic) bond motifs is 6. The van der Waals surface area contributed by atoms with Gasteiger partial charge in [-0.15, -0.1) is 0 Å². The van der Waals surface area contributed by atoms with E-state index < -0.39 is 120 Å². The topological polar surface area (TPSA) is 112 Å². The van der Waals surface area contributed by atoms with Gasteiger partial charge in [-0.05, 0) is 72.5 Å². The van der Waals surface area contributed by atoms with Crippen LogP contribution in [0.4, 0.5) is 39.5 Å². The maximum absolute atomic E-state index is 12.5. The monoisotopic (exact) mass is 885 g/mol. The first kappa shape index (κ1) is 44.8. The Bertz CT molecular complexity index is 1460. The SMILES string of the molecule is CC1(C)C2CC[C@@]1(C)C(=O)/C2=C(/O)C(F)(F)F.CC1(C)C2CC[C@@]1(C)C(=O)/C2=C(/O)C(F)(F)F.CC1(C)C2CC[C@@]1(C)C(=O)/C2=C(\O)C(F)(F)F.[Pr]. The summed E-state index contributed by atoms with van der Waals surface area (Å²) in [5.74, 6) is -8.13. The summed E-state index contributed by atoms with van der Waals surface area (Å²) in [6.45, 7) is 15.9. The van der Waals surface area contributed by atoms with Gasteiger partial charge in [0.05, 0.1) is 0 Å². The maximum Gasteiger partial charge on any atom is 0.449 e. The van der Waals surface area contributed by atoms with Crippen molar-refractivity contribution in [3.05, 3.63) is 34.0 Å². The number of halogens is 9. The van der Waals surface area contributed by atoms with Crippen LogP contribution in [0.25, 0.3) is 0 Å². The second-order valence-corrected chi connectivity index (χ2v) is 17.2. The molecule has 6 saturated carbocycles. The normalized spacial score (nSPS) is 38.0. The molecule has 0 aromatic heterocycles. The first-order valence-corrected chi connectivity index (χ1v) is 16.8. The molecule has 6 rings (SSSR count). The number of carbonyl (C=O) groups excluding carboxylic acids is 3. The molecule has 6 fully saturated rings. The Morgan fingerprint density at radius 1 is 0.462 bits per heavy atom. The van der Waals surface area contributed by atoms with Crippen LogP contribution in [-0.4, -0.2) is 51.2 Å². The molecule has 6 aliphatic rings. The van der Waals surface area contributed by atoms with Crippen molar-refractivity contribution in [2.24, 2.45) is 50.2 Å². The van der Waals surface area contributed by atoms with Crippen LogP contribution < -0.4 is 0 Å². The van der Waals surface area contributed by atoms with E-state index in [0.29, 0.717) is 38.5 Å². The average molecular weight is 886 g/mol. The molecule has 0 spiro atoms. The largest absolute Gasteiger partial charge is 0.504 e. The van der Waals surface area contributed by atoms with Gasteiger partial charge < -0.3 is 15.3 Å². The van der Waals surface area contributed by atoms with Crippen LogP contribution in [-0.2, 0) is 14.4 Å². The predicted molar refractivity (Wildman–Crippen MR) is 166 cm³/mol. The van der Waals surface area contributed by atoms with Crippen LogP contribution in [0.1, 0.15) is 101 Å². The van der Waals surface area contributed by atoms with E-state index in [1.165, 1.54) is 0 Å². The predicted octanol–water partition coefficient (Wildman–Crippen LogP) is 10.2. The van der Waals surface area contributed by atoms with Gasteiger partial charge in [-0.1, -0.05) is 62.3 Å². The first-order valence-electron chi connectivity index (χ1n) is 16.8. The van der Waals surface area contributed by atoms with Crippen molar-refractivity contribution < 1.29 is 111 Å². The molecule has 6 nitrogen and oxygen atoms in total.